The lowest BCUT2D eigenvalue weighted by atomic mass is 9.75. The largest absolute Gasteiger partial charge is 0.508 e. The molecule has 1 aliphatic rings. The number of carboxylic acid groups (broad SMARTS) is 2. The fourth-order valence-corrected chi connectivity index (χ4v) is 3.23. The van der Waals surface area contributed by atoms with Gasteiger partial charge in [-0.1, -0.05) is 25.0 Å². The summed E-state index contributed by atoms with van der Waals surface area (Å²) in [6, 6.07) is 7.83. The molecule has 25 heavy (non-hydrogen) atoms. The zero-order valence-electron chi connectivity index (χ0n) is 14.8. The average Bonchev–Trinajstić information content (AvgIpc) is 2.53. The molecule has 138 valence electrons. The number of aromatic hydroxyl groups is 1. The Kier molecular flexibility index (Phi) is 8.70. The highest BCUT2D eigenvalue weighted by Gasteiger charge is 2.26. The van der Waals surface area contributed by atoms with Gasteiger partial charge in [0.15, 0.2) is 0 Å². The van der Waals surface area contributed by atoms with Crippen LogP contribution >= 0.6 is 0 Å². The molecule has 1 aromatic rings. The maximum absolute atomic E-state index is 9.60. The van der Waals surface area contributed by atoms with Crippen LogP contribution in [0, 0.1) is 5.92 Å². The minimum atomic E-state index is -1.26. The van der Waals surface area contributed by atoms with Gasteiger partial charge in [-0.05, 0) is 56.5 Å². The molecule has 0 heterocycles. The zero-order valence-corrected chi connectivity index (χ0v) is 14.8. The van der Waals surface area contributed by atoms with Crippen LogP contribution in [-0.2, 0) is 9.59 Å². The van der Waals surface area contributed by atoms with Gasteiger partial charge in [0.2, 0.25) is 0 Å². The molecule has 0 radical (unpaired) electrons. The van der Waals surface area contributed by atoms with Crippen molar-refractivity contribution in [2.45, 2.75) is 31.6 Å². The Labute approximate surface area is 148 Å². The standard InChI is InChI=1S/C15H23NO.C4H4O4/c1-16(2)11-13-6-3-4-9-15(13)12-7-5-8-14(17)10-12;5-3(6)1-2-4(7)8/h5,7-8,10,13,15,17H,3-4,6,9,11H2,1-2H3;1-2H,(H,5,6)(H,7,8)/b;2-1-. The molecule has 1 aromatic carbocycles. The van der Waals surface area contributed by atoms with Crippen LogP contribution in [0.3, 0.4) is 0 Å². The third kappa shape index (κ3) is 8.35. The van der Waals surface area contributed by atoms with Crippen LogP contribution in [0.2, 0.25) is 0 Å². The fourth-order valence-electron chi connectivity index (χ4n) is 3.23. The molecule has 0 saturated heterocycles. The number of rotatable bonds is 5. The fraction of sp³-hybridized carbons (Fsp3) is 0.474. The first-order valence-electron chi connectivity index (χ1n) is 8.37. The SMILES string of the molecule is CN(C)CC1CCCCC1c1cccc(O)c1.O=C(O)/C=C\C(=O)O. The van der Waals surface area contributed by atoms with Gasteiger partial charge in [0.1, 0.15) is 5.75 Å². The molecule has 1 fully saturated rings. The molecule has 2 atom stereocenters. The summed E-state index contributed by atoms with van der Waals surface area (Å²) in [7, 11) is 4.29. The van der Waals surface area contributed by atoms with Crippen molar-refractivity contribution in [1.29, 1.82) is 0 Å². The summed E-state index contributed by atoms with van der Waals surface area (Å²) in [5.41, 5.74) is 1.32. The van der Waals surface area contributed by atoms with Crippen molar-refractivity contribution in [1.82, 2.24) is 4.90 Å². The van der Waals surface area contributed by atoms with E-state index >= 15 is 0 Å². The maximum Gasteiger partial charge on any atom is 0.328 e. The second-order valence-corrected chi connectivity index (χ2v) is 6.52. The van der Waals surface area contributed by atoms with Crippen LogP contribution in [0.1, 0.15) is 37.2 Å². The van der Waals surface area contributed by atoms with E-state index in [1.165, 1.54) is 31.2 Å². The van der Waals surface area contributed by atoms with E-state index in [2.05, 4.69) is 25.1 Å². The van der Waals surface area contributed by atoms with Gasteiger partial charge >= 0.3 is 11.9 Å². The van der Waals surface area contributed by atoms with E-state index in [1.54, 1.807) is 6.07 Å². The Morgan fingerprint density at radius 3 is 2.24 bits per heavy atom. The van der Waals surface area contributed by atoms with E-state index in [0.29, 0.717) is 23.8 Å². The first-order chi connectivity index (χ1) is 11.8. The van der Waals surface area contributed by atoms with Crippen molar-refractivity contribution >= 4 is 11.9 Å². The molecule has 3 N–H and O–H groups in total. The molecule has 2 rings (SSSR count). The van der Waals surface area contributed by atoms with Crippen LogP contribution < -0.4 is 0 Å². The monoisotopic (exact) mass is 349 g/mol. The number of carboxylic acids is 2. The summed E-state index contributed by atoms with van der Waals surface area (Å²) >= 11 is 0. The van der Waals surface area contributed by atoms with Crippen LogP contribution in [-0.4, -0.2) is 52.8 Å². The molecule has 2 unspecified atom stereocenters. The average molecular weight is 349 g/mol. The van der Waals surface area contributed by atoms with E-state index in [1.807, 2.05) is 12.1 Å². The van der Waals surface area contributed by atoms with E-state index in [9.17, 15) is 14.7 Å². The van der Waals surface area contributed by atoms with Crippen LogP contribution in [0.5, 0.6) is 5.75 Å². The Balaban J connectivity index is 0.000000333. The summed E-state index contributed by atoms with van der Waals surface area (Å²) in [6.45, 7) is 1.15. The Morgan fingerprint density at radius 2 is 1.72 bits per heavy atom. The predicted octanol–water partition coefficient (Wildman–Crippen LogP) is 2.94. The second-order valence-electron chi connectivity index (χ2n) is 6.52. The van der Waals surface area contributed by atoms with Gasteiger partial charge < -0.3 is 20.2 Å². The van der Waals surface area contributed by atoms with Crippen molar-refractivity contribution in [2.24, 2.45) is 5.92 Å². The second kappa shape index (κ2) is 10.5. The summed E-state index contributed by atoms with van der Waals surface area (Å²) in [5.74, 6) is -0.754. The number of phenolic OH excluding ortho intramolecular Hbond substituents is 1. The van der Waals surface area contributed by atoms with Crippen molar-refractivity contribution in [3.8, 4) is 5.75 Å². The maximum atomic E-state index is 9.60. The molecule has 0 bridgehead atoms. The molecule has 0 aliphatic heterocycles. The highest BCUT2D eigenvalue weighted by molar-refractivity contribution is 5.89. The van der Waals surface area contributed by atoms with Gasteiger partial charge in [0.05, 0.1) is 0 Å². The highest BCUT2D eigenvalue weighted by atomic mass is 16.4. The quantitative estimate of drug-likeness (QED) is 0.707. The van der Waals surface area contributed by atoms with E-state index in [4.69, 9.17) is 10.2 Å². The van der Waals surface area contributed by atoms with Gasteiger partial charge in [0, 0.05) is 18.7 Å². The molecule has 1 aliphatic carbocycles. The summed E-state index contributed by atoms with van der Waals surface area (Å²) in [4.78, 5) is 21.4. The minimum Gasteiger partial charge on any atom is -0.508 e. The predicted molar refractivity (Wildman–Crippen MR) is 95.8 cm³/mol. The number of hydrogen-bond donors (Lipinski definition) is 3. The van der Waals surface area contributed by atoms with Crippen molar-refractivity contribution in [2.75, 3.05) is 20.6 Å². The molecule has 0 spiro atoms. The molecule has 0 aromatic heterocycles. The summed E-state index contributed by atoms with van der Waals surface area (Å²) < 4.78 is 0. The van der Waals surface area contributed by atoms with Gasteiger partial charge in [-0.25, -0.2) is 9.59 Å². The molecular weight excluding hydrogens is 322 g/mol. The highest BCUT2D eigenvalue weighted by Crippen LogP contribution is 2.38. The van der Waals surface area contributed by atoms with Crippen LogP contribution in [0.4, 0.5) is 0 Å². The number of nitrogens with zero attached hydrogens (tertiary/aromatic N) is 1. The number of aliphatic carboxylic acids is 2. The Morgan fingerprint density at radius 1 is 1.12 bits per heavy atom. The van der Waals surface area contributed by atoms with E-state index in [-0.39, 0.29) is 0 Å². The topological polar surface area (TPSA) is 98.1 Å². The molecule has 1 saturated carbocycles. The lowest BCUT2D eigenvalue weighted by Gasteiger charge is -2.33. The first-order valence-corrected chi connectivity index (χ1v) is 8.37. The van der Waals surface area contributed by atoms with E-state index < -0.39 is 11.9 Å². The first kappa shape index (κ1) is 20.7. The number of hydrogen-bond acceptors (Lipinski definition) is 4. The van der Waals surface area contributed by atoms with Gasteiger partial charge in [-0.15, -0.1) is 0 Å². The minimum absolute atomic E-state index is 0.400. The summed E-state index contributed by atoms with van der Waals surface area (Å²) in [5, 5.41) is 25.2. The lowest BCUT2D eigenvalue weighted by molar-refractivity contribution is -0.134. The molecule has 0 amide bonds. The molecule has 6 nitrogen and oxygen atoms in total. The number of benzene rings is 1. The van der Waals surface area contributed by atoms with Crippen molar-refractivity contribution < 1.29 is 24.9 Å². The van der Waals surface area contributed by atoms with Crippen LogP contribution in [0.25, 0.3) is 0 Å². The Hall–Kier alpha value is -2.34. The number of phenols is 1. The van der Waals surface area contributed by atoms with Gasteiger partial charge in [-0.2, -0.15) is 0 Å². The van der Waals surface area contributed by atoms with E-state index in [0.717, 1.165) is 12.5 Å². The van der Waals surface area contributed by atoms with Gasteiger partial charge in [-0.3, -0.25) is 0 Å². The van der Waals surface area contributed by atoms with Crippen LogP contribution in [0.15, 0.2) is 36.4 Å². The molecule has 6 heteroatoms. The normalized spacial score (nSPS) is 20.1. The summed E-state index contributed by atoms with van der Waals surface area (Å²) in [6.07, 6.45) is 6.38. The molecular formula is C19H27NO5. The lowest BCUT2D eigenvalue weighted by Crippen LogP contribution is -2.28. The van der Waals surface area contributed by atoms with Crippen molar-refractivity contribution in [3.05, 3.63) is 42.0 Å². The zero-order chi connectivity index (χ0) is 18.8. The van der Waals surface area contributed by atoms with Crippen molar-refractivity contribution in [3.63, 3.8) is 0 Å². The third-order valence-corrected chi connectivity index (χ3v) is 4.18. The van der Waals surface area contributed by atoms with Gasteiger partial charge in [0.25, 0.3) is 0 Å². The number of carbonyl (C=O) groups is 2. The Bertz CT molecular complexity index is 581. The smallest absolute Gasteiger partial charge is 0.328 e. The third-order valence-electron chi connectivity index (χ3n) is 4.18.